The highest BCUT2D eigenvalue weighted by atomic mass is 16.3. The molecule has 0 bridgehead atoms. The Morgan fingerprint density at radius 2 is 1.85 bits per heavy atom. The molecule has 0 spiro atoms. The first-order chi connectivity index (χ1) is 9.61. The minimum atomic E-state index is -1.37. The molecule has 6 heteroatoms. The molecule has 2 rings (SSSR count). The molecule has 0 aromatic heterocycles. The molecule has 20 heavy (non-hydrogen) atoms. The van der Waals surface area contributed by atoms with Gasteiger partial charge in [0.15, 0.2) is 0 Å². The molecule has 1 aromatic rings. The molecule has 0 unspecified atom stereocenters. The standard InChI is InChI=1S/C14H11N3O3/c15-8-10-5-2-1-4-9(10)6-3-7-11-12(18)16-14(20)17-13(11)19/h1-7,14,20H,(H,16,18)(H,17,19)/b6-3+,11-7?. The number of nitriles is 1. The number of amides is 2. The highest BCUT2D eigenvalue weighted by Gasteiger charge is 2.26. The number of aliphatic hydroxyl groups excluding tert-OH is 1. The summed E-state index contributed by atoms with van der Waals surface area (Å²) >= 11 is 0. The van der Waals surface area contributed by atoms with E-state index in [1.54, 1.807) is 30.3 Å². The van der Waals surface area contributed by atoms with Crippen LogP contribution >= 0.6 is 0 Å². The number of hydrogen-bond acceptors (Lipinski definition) is 4. The van der Waals surface area contributed by atoms with Gasteiger partial charge in [-0.1, -0.05) is 30.4 Å². The third-order valence-electron chi connectivity index (χ3n) is 2.64. The van der Waals surface area contributed by atoms with Gasteiger partial charge in [-0.05, 0) is 17.7 Å². The second-order valence-electron chi connectivity index (χ2n) is 3.99. The van der Waals surface area contributed by atoms with Crippen LogP contribution in [0.1, 0.15) is 11.1 Å². The van der Waals surface area contributed by atoms with Crippen LogP contribution < -0.4 is 10.6 Å². The number of benzene rings is 1. The lowest BCUT2D eigenvalue weighted by atomic mass is 10.1. The molecule has 2 amide bonds. The van der Waals surface area contributed by atoms with Crippen LogP contribution in [0.2, 0.25) is 0 Å². The van der Waals surface area contributed by atoms with Gasteiger partial charge in [0.1, 0.15) is 5.57 Å². The number of hydrogen-bond donors (Lipinski definition) is 3. The van der Waals surface area contributed by atoms with Crippen molar-refractivity contribution in [1.82, 2.24) is 10.6 Å². The van der Waals surface area contributed by atoms with Crippen molar-refractivity contribution in [3.63, 3.8) is 0 Å². The Kier molecular flexibility index (Phi) is 3.93. The lowest BCUT2D eigenvalue weighted by molar-refractivity contribution is -0.132. The molecule has 0 saturated carbocycles. The molecule has 0 aliphatic carbocycles. The Balaban J connectivity index is 2.20. The van der Waals surface area contributed by atoms with Crippen molar-refractivity contribution < 1.29 is 14.7 Å². The zero-order valence-corrected chi connectivity index (χ0v) is 10.3. The van der Waals surface area contributed by atoms with E-state index in [1.165, 1.54) is 12.2 Å². The molecule has 0 radical (unpaired) electrons. The van der Waals surface area contributed by atoms with Gasteiger partial charge < -0.3 is 15.7 Å². The van der Waals surface area contributed by atoms with Crippen molar-refractivity contribution in [2.75, 3.05) is 0 Å². The lowest BCUT2D eigenvalue weighted by Crippen LogP contribution is -2.55. The van der Waals surface area contributed by atoms with E-state index < -0.39 is 18.2 Å². The van der Waals surface area contributed by atoms with Crippen molar-refractivity contribution in [1.29, 1.82) is 5.26 Å². The van der Waals surface area contributed by atoms with Crippen LogP contribution in [-0.4, -0.2) is 23.3 Å². The second kappa shape index (κ2) is 5.82. The van der Waals surface area contributed by atoms with Gasteiger partial charge in [-0.2, -0.15) is 5.26 Å². The average molecular weight is 269 g/mol. The number of aliphatic hydroxyl groups is 1. The van der Waals surface area contributed by atoms with Gasteiger partial charge in [0.2, 0.25) is 6.35 Å². The minimum absolute atomic E-state index is 0.110. The van der Waals surface area contributed by atoms with Gasteiger partial charge in [-0.15, -0.1) is 0 Å². The SMILES string of the molecule is N#Cc1ccccc1/C=C/C=C1C(=O)NC(O)NC1=O. The molecule has 1 aliphatic rings. The molecule has 6 nitrogen and oxygen atoms in total. The molecule has 1 aliphatic heterocycles. The quantitative estimate of drug-likeness (QED) is 0.520. The normalized spacial score (nSPS) is 18.4. The molecular weight excluding hydrogens is 258 g/mol. The summed E-state index contributed by atoms with van der Waals surface area (Å²) in [5.74, 6) is -1.31. The Hall–Kier alpha value is -2.91. The van der Waals surface area contributed by atoms with E-state index in [0.717, 1.165) is 0 Å². The first-order valence-electron chi connectivity index (χ1n) is 5.79. The van der Waals surface area contributed by atoms with E-state index >= 15 is 0 Å². The van der Waals surface area contributed by atoms with E-state index in [2.05, 4.69) is 10.6 Å². The third kappa shape index (κ3) is 2.91. The summed E-state index contributed by atoms with van der Waals surface area (Å²) in [5.41, 5.74) is 1.07. The van der Waals surface area contributed by atoms with Crippen LogP contribution in [-0.2, 0) is 9.59 Å². The van der Waals surface area contributed by atoms with Crippen LogP contribution in [0.25, 0.3) is 6.08 Å². The largest absolute Gasteiger partial charge is 0.356 e. The topological polar surface area (TPSA) is 102 Å². The predicted octanol–water partition coefficient (Wildman–Crippen LogP) is 0.0198. The Morgan fingerprint density at radius 3 is 2.50 bits per heavy atom. The number of nitrogens with zero attached hydrogens (tertiary/aromatic N) is 1. The predicted molar refractivity (Wildman–Crippen MR) is 70.6 cm³/mol. The molecule has 100 valence electrons. The van der Waals surface area contributed by atoms with Gasteiger partial charge in [0.05, 0.1) is 11.6 Å². The summed E-state index contributed by atoms with van der Waals surface area (Å²) in [6, 6.07) is 8.99. The van der Waals surface area contributed by atoms with Crippen molar-refractivity contribution >= 4 is 17.9 Å². The summed E-state index contributed by atoms with van der Waals surface area (Å²) in [5, 5.41) is 22.3. The van der Waals surface area contributed by atoms with Crippen molar-refractivity contribution in [3.05, 3.63) is 53.1 Å². The van der Waals surface area contributed by atoms with Crippen LogP contribution in [0.15, 0.2) is 42.0 Å². The number of allylic oxidation sites excluding steroid dienone is 2. The number of rotatable bonds is 2. The fraction of sp³-hybridized carbons (Fsp3) is 0.0714. The average Bonchev–Trinajstić information content (AvgIpc) is 2.42. The van der Waals surface area contributed by atoms with E-state index in [-0.39, 0.29) is 5.57 Å². The zero-order valence-electron chi connectivity index (χ0n) is 10.3. The Labute approximate surface area is 115 Å². The number of carbonyl (C=O) groups is 2. The summed E-state index contributed by atoms with van der Waals surface area (Å²) in [7, 11) is 0. The third-order valence-corrected chi connectivity index (χ3v) is 2.64. The van der Waals surface area contributed by atoms with Crippen LogP contribution in [0, 0.1) is 11.3 Å². The number of nitrogens with one attached hydrogen (secondary N) is 2. The summed E-state index contributed by atoms with van der Waals surface area (Å²) in [6.07, 6.45) is 3.08. The molecule has 1 aromatic carbocycles. The highest BCUT2D eigenvalue weighted by molar-refractivity contribution is 6.20. The Bertz CT molecular complexity index is 636. The fourth-order valence-electron chi connectivity index (χ4n) is 1.69. The summed E-state index contributed by atoms with van der Waals surface area (Å²) in [6.45, 7) is 0. The van der Waals surface area contributed by atoms with Crippen molar-refractivity contribution in [2.45, 2.75) is 6.35 Å². The maximum absolute atomic E-state index is 11.5. The molecule has 0 atom stereocenters. The van der Waals surface area contributed by atoms with E-state index in [0.29, 0.717) is 11.1 Å². The molecule has 1 saturated heterocycles. The molecular formula is C14H11N3O3. The van der Waals surface area contributed by atoms with Crippen LogP contribution in [0.4, 0.5) is 0 Å². The van der Waals surface area contributed by atoms with Gasteiger partial charge in [-0.25, -0.2) is 0 Å². The van der Waals surface area contributed by atoms with Gasteiger partial charge in [0.25, 0.3) is 11.8 Å². The second-order valence-corrected chi connectivity index (χ2v) is 3.99. The van der Waals surface area contributed by atoms with Gasteiger partial charge >= 0.3 is 0 Å². The van der Waals surface area contributed by atoms with E-state index in [9.17, 15) is 9.59 Å². The maximum atomic E-state index is 11.5. The zero-order chi connectivity index (χ0) is 14.5. The first kappa shape index (κ1) is 13.5. The fourth-order valence-corrected chi connectivity index (χ4v) is 1.69. The van der Waals surface area contributed by atoms with Crippen molar-refractivity contribution in [2.24, 2.45) is 0 Å². The summed E-state index contributed by atoms with van der Waals surface area (Å²) in [4.78, 5) is 23.0. The monoisotopic (exact) mass is 269 g/mol. The maximum Gasteiger partial charge on any atom is 0.260 e. The van der Waals surface area contributed by atoms with Gasteiger partial charge in [-0.3, -0.25) is 9.59 Å². The van der Waals surface area contributed by atoms with Crippen LogP contribution in [0.5, 0.6) is 0 Å². The molecule has 1 fully saturated rings. The number of carbonyl (C=O) groups excluding carboxylic acids is 2. The Morgan fingerprint density at radius 1 is 1.20 bits per heavy atom. The lowest BCUT2D eigenvalue weighted by Gasteiger charge is -2.20. The minimum Gasteiger partial charge on any atom is -0.356 e. The highest BCUT2D eigenvalue weighted by Crippen LogP contribution is 2.10. The van der Waals surface area contributed by atoms with Gasteiger partial charge in [0, 0.05) is 0 Å². The molecule has 1 heterocycles. The van der Waals surface area contributed by atoms with E-state index in [4.69, 9.17) is 10.4 Å². The summed E-state index contributed by atoms with van der Waals surface area (Å²) < 4.78 is 0. The smallest absolute Gasteiger partial charge is 0.260 e. The van der Waals surface area contributed by atoms with Crippen molar-refractivity contribution in [3.8, 4) is 6.07 Å². The van der Waals surface area contributed by atoms with Crippen LogP contribution in [0.3, 0.4) is 0 Å². The first-order valence-corrected chi connectivity index (χ1v) is 5.79. The molecule has 3 N–H and O–H groups in total. The van der Waals surface area contributed by atoms with E-state index in [1.807, 2.05) is 6.07 Å².